The zero-order valence-electron chi connectivity index (χ0n) is 10.4. The first-order valence-electron chi connectivity index (χ1n) is 6.69. The van der Waals surface area contributed by atoms with Crippen molar-refractivity contribution in [3.8, 4) is 0 Å². The van der Waals surface area contributed by atoms with E-state index in [4.69, 9.17) is 4.74 Å². The summed E-state index contributed by atoms with van der Waals surface area (Å²) in [5.41, 5.74) is 1.04. The molecular formula is C14H22O2. The van der Waals surface area contributed by atoms with E-state index in [0.717, 1.165) is 56.3 Å². The van der Waals surface area contributed by atoms with Crippen molar-refractivity contribution >= 4 is 5.78 Å². The maximum atomic E-state index is 11.9. The number of carbonyl (C=O) groups is 1. The van der Waals surface area contributed by atoms with Crippen LogP contribution in [0.2, 0.25) is 0 Å². The number of hydrogen-bond donors (Lipinski definition) is 0. The summed E-state index contributed by atoms with van der Waals surface area (Å²) >= 11 is 0. The average Bonchev–Trinajstić information content (AvgIpc) is 2.28. The van der Waals surface area contributed by atoms with Crippen LogP contribution < -0.4 is 0 Å². The van der Waals surface area contributed by atoms with Gasteiger partial charge >= 0.3 is 0 Å². The van der Waals surface area contributed by atoms with Crippen LogP contribution in [-0.2, 0) is 9.53 Å². The molecule has 0 amide bonds. The zero-order chi connectivity index (χ0) is 11.5. The fourth-order valence-corrected chi connectivity index (χ4v) is 2.97. The first-order valence-corrected chi connectivity index (χ1v) is 6.69. The third-order valence-electron chi connectivity index (χ3n) is 3.78. The number of ketones is 1. The van der Waals surface area contributed by atoms with Crippen molar-refractivity contribution in [1.29, 1.82) is 0 Å². The standard InChI is InChI=1S/C14H22O2/c1-3-6-11-9-10(4-2)14-12(15)7-5-8-13(14)16-11/h10-11H,3-9H2,1-2H3/t10-,11-/m0/s1. The highest BCUT2D eigenvalue weighted by Crippen LogP contribution is 2.38. The lowest BCUT2D eigenvalue weighted by Gasteiger charge is -2.35. The fourth-order valence-electron chi connectivity index (χ4n) is 2.97. The molecule has 0 aromatic heterocycles. The van der Waals surface area contributed by atoms with E-state index in [1.807, 2.05) is 0 Å². The number of allylic oxidation sites excluding steroid dienone is 2. The highest BCUT2D eigenvalue weighted by atomic mass is 16.5. The number of ether oxygens (including phenoxy) is 1. The van der Waals surface area contributed by atoms with E-state index in [1.165, 1.54) is 0 Å². The first-order chi connectivity index (χ1) is 7.76. The topological polar surface area (TPSA) is 26.3 Å². The molecule has 1 heterocycles. The maximum Gasteiger partial charge on any atom is 0.162 e. The molecule has 1 aliphatic heterocycles. The van der Waals surface area contributed by atoms with Gasteiger partial charge in [0.15, 0.2) is 5.78 Å². The van der Waals surface area contributed by atoms with Crippen LogP contribution in [0, 0.1) is 5.92 Å². The molecular weight excluding hydrogens is 200 g/mol. The van der Waals surface area contributed by atoms with Crippen LogP contribution in [0.15, 0.2) is 11.3 Å². The molecule has 0 N–H and O–H groups in total. The van der Waals surface area contributed by atoms with Gasteiger partial charge in [0, 0.05) is 18.4 Å². The number of carbonyl (C=O) groups excluding carboxylic acids is 1. The summed E-state index contributed by atoms with van der Waals surface area (Å²) in [5.74, 6) is 1.85. The first kappa shape index (κ1) is 11.7. The smallest absolute Gasteiger partial charge is 0.162 e. The molecule has 2 heteroatoms. The molecule has 0 bridgehead atoms. The molecule has 1 aliphatic carbocycles. The second-order valence-electron chi connectivity index (χ2n) is 4.98. The van der Waals surface area contributed by atoms with Gasteiger partial charge in [-0.3, -0.25) is 4.79 Å². The quantitative estimate of drug-likeness (QED) is 0.729. The predicted molar refractivity (Wildman–Crippen MR) is 64.1 cm³/mol. The van der Waals surface area contributed by atoms with Crippen LogP contribution in [0.1, 0.15) is 58.8 Å². The van der Waals surface area contributed by atoms with Crippen molar-refractivity contribution in [2.45, 2.75) is 64.9 Å². The molecule has 0 aromatic rings. The van der Waals surface area contributed by atoms with Gasteiger partial charge in [0.25, 0.3) is 0 Å². The molecule has 2 nitrogen and oxygen atoms in total. The Morgan fingerprint density at radius 2 is 2.12 bits per heavy atom. The SMILES string of the molecule is CCC[C@H]1C[C@H](CC)C2=C(CCCC2=O)O1. The van der Waals surface area contributed by atoms with E-state index < -0.39 is 0 Å². The second-order valence-corrected chi connectivity index (χ2v) is 4.98. The normalized spacial score (nSPS) is 30.0. The summed E-state index contributed by atoms with van der Waals surface area (Å²) in [4.78, 5) is 11.9. The molecule has 2 atom stereocenters. The number of Topliss-reactive ketones (excluding diaryl/α,β-unsaturated/α-hetero) is 1. The monoisotopic (exact) mass is 222 g/mol. The predicted octanol–water partition coefficient (Wildman–Crippen LogP) is 3.61. The third-order valence-corrected chi connectivity index (χ3v) is 3.78. The molecule has 0 aromatic carbocycles. The van der Waals surface area contributed by atoms with Crippen molar-refractivity contribution in [2.75, 3.05) is 0 Å². The van der Waals surface area contributed by atoms with E-state index in [1.54, 1.807) is 0 Å². The molecule has 0 spiro atoms. The lowest BCUT2D eigenvalue weighted by Crippen LogP contribution is -2.31. The molecule has 0 saturated carbocycles. The molecule has 16 heavy (non-hydrogen) atoms. The van der Waals surface area contributed by atoms with Gasteiger partial charge in [0.2, 0.25) is 0 Å². The van der Waals surface area contributed by atoms with E-state index >= 15 is 0 Å². The lowest BCUT2D eigenvalue weighted by atomic mass is 9.80. The van der Waals surface area contributed by atoms with Gasteiger partial charge in [-0.1, -0.05) is 20.3 Å². The van der Waals surface area contributed by atoms with E-state index in [9.17, 15) is 4.79 Å². The van der Waals surface area contributed by atoms with Crippen molar-refractivity contribution in [3.05, 3.63) is 11.3 Å². The van der Waals surface area contributed by atoms with E-state index in [2.05, 4.69) is 13.8 Å². The minimum absolute atomic E-state index is 0.350. The maximum absolute atomic E-state index is 11.9. The fraction of sp³-hybridized carbons (Fsp3) is 0.786. The zero-order valence-corrected chi connectivity index (χ0v) is 10.4. The van der Waals surface area contributed by atoms with Gasteiger partial charge in [-0.25, -0.2) is 0 Å². The number of hydrogen-bond acceptors (Lipinski definition) is 2. The van der Waals surface area contributed by atoms with Crippen molar-refractivity contribution < 1.29 is 9.53 Å². The lowest BCUT2D eigenvalue weighted by molar-refractivity contribution is -0.118. The Morgan fingerprint density at radius 1 is 1.31 bits per heavy atom. The summed E-state index contributed by atoms with van der Waals surface area (Å²) in [6.07, 6.45) is 7.48. The largest absolute Gasteiger partial charge is 0.494 e. The Kier molecular flexibility index (Phi) is 3.67. The third kappa shape index (κ3) is 2.16. The van der Waals surface area contributed by atoms with Crippen molar-refractivity contribution in [1.82, 2.24) is 0 Å². The Hall–Kier alpha value is -0.790. The Morgan fingerprint density at radius 3 is 2.81 bits per heavy atom. The van der Waals surface area contributed by atoms with Gasteiger partial charge in [0.05, 0.1) is 6.10 Å². The van der Waals surface area contributed by atoms with Gasteiger partial charge in [0.1, 0.15) is 5.76 Å². The Bertz CT molecular complexity index is 304. The van der Waals surface area contributed by atoms with Gasteiger partial charge < -0.3 is 4.74 Å². The molecule has 0 saturated heterocycles. The Balaban J connectivity index is 2.20. The highest BCUT2D eigenvalue weighted by Gasteiger charge is 2.34. The Labute approximate surface area is 98.1 Å². The van der Waals surface area contributed by atoms with Gasteiger partial charge in [-0.05, 0) is 31.6 Å². The summed E-state index contributed by atoms with van der Waals surface area (Å²) in [6.45, 7) is 4.38. The van der Waals surface area contributed by atoms with Crippen LogP contribution in [0.5, 0.6) is 0 Å². The molecule has 2 aliphatic rings. The average molecular weight is 222 g/mol. The highest BCUT2D eigenvalue weighted by molar-refractivity contribution is 5.97. The van der Waals surface area contributed by atoms with Crippen molar-refractivity contribution in [3.63, 3.8) is 0 Å². The summed E-state index contributed by atoms with van der Waals surface area (Å²) < 4.78 is 5.99. The molecule has 0 radical (unpaired) electrons. The van der Waals surface area contributed by atoms with Gasteiger partial charge in [-0.2, -0.15) is 0 Å². The van der Waals surface area contributed by atoms with Crippen LogP contribution in [-0.4, -0.2) is 11.9 Å². The summed E-state index contributed by atoms with van der Waals surface area (Å²) in [5, 5.41) is 0. The summed E-state index contributed by atoms with van der Waals surface area (Å²) in [6, 6.07) is 0. The molecule has 2 rings (SSSR count). The molecule has 90 valence electrons. The van der Waals surface area contributed by atoms with Crippen molar-refractivity contribution in [2.24, 2.45) is 5.92 Å². The minimum atomic E-state index is 0.350. The van der Waals surface area contributed by atoms with Crippen LogP contribution in [0.3, 0.4) is 0 Å². The van der Waals surface area contributed by atoms with E-state index in [-0.39, 0.29) is 0 Å². The van der Waals surface area contributed by atoms with E-state index in [0.29, 0.717) is 17.8 Å². The van der Waals surface area contributed by atoms with Crippen LogP contribution in [0.4, 0.5) is 0 Å². The minimum Gasteiger partial charge on any atom is -0.494 e. The van der Waals surface area contributed by atoms with Crippen LogP contribution in [0.25, 0.3) is 0 Å². The molecule has 0 fully saturated rings. The summed E-state index contributed by atoms with van der Waals surface area (Å²) in [7, 11) is 0. The number of rotatable bonds is 3. The van der Waals surface area contributed by atoms with Gasteiger partial charge in [-0.15, -0.1) is 0 Å². The molecule has 0 unspecified atom stereocenters. The van der Waals surface area contributed by atoms with Crippen LogP contribution >= 0.6 is 0 Å². The second kappa shape index (κ2) is 5.03.